The summed E-state index contributed by atoms with van der Waals surface area (Å²) >= 11 is 3.15. The molecule has 3 N–H and O–H groups in total. The van der Waals surface area contributed by atoms with Crippen LogP contribution in [0.5, 0.6) is 0 Å². The fraction of sp³-hybridized carbons (Fsp3) is 0.111. The molecule has 1 aromatic heterocycles. The number of sulfonamides is 1. The molecule has 2 aromatic carbocycles. The predicted octanol–water partition coefficient (Wildman–Crippen LogP) is 3.98. The van der Waals surface area contributed by atoms with Crippen LogP contribution in [0.3, 0.4) is 0 Å². The Bertz CT molecular complexity index is 1120. The van der Waals surface area contributed by atoms with E-state index in [2.05, 4.69) is 36.2 Å². The van der Waals surface area contributed by atoms with Crippen LogP contribution in [0.1, 0.15) is 21.7 Å². The van der Waals surface area contributed by atoms with Gasteiger partial charge in [-0.15, -0.1) is 0 Å². The smallest absolute Gasteiger partial charge is 0.265 e. The molecule has 10 heteroatoms. The number of carbonyl (C=O) groups is 1. The fourth-order valence-corrected chi connectivity index (χ4v) is 4.38. The van der Waals surface area contributed by atoms with E-state index in [9.17, 15) is 17.6 Å². The zero-order chi connectivity index (χ0) is 20.5. The summed E-state index contributed by atoms with van der Waals surface area (Å²) in [4.78, 5) is 12.4. The molecule has 1 amide bonds. The lowest BCUT2D eigenvalue weighted by molar-refractivity contribution is 0.102. The number of hydrogen-bond donors (Lipinski definition) is 3. The number of nitrogens with zero attached hydrogens (tertiary/aromatic N) is 1. The van der Waals surface area contributed by atoms with Gasteiger partial charge in [0.25, 0.3) is 15.9 Å². The molecule has 0 fully saturated rings. The number of nitrogens with one attached hydrogen (secondary N) is 3. The zero-order valence-electron chi connectivity index (χ0n) is 14.9. The van der Waals surface area contributed by atoms with Crippen molar-refractivity contribution in [3.63, 3.8) is 0 Å². The second kappa shape index (κ2) is 7.72. The molecule has 3 rings (SSSR count). The number of aromatic amines is 1. The molecule has 0 atom stereocenters. The van der Waals surface area contributed by atoms with Crippen molar-refractivity contribution in [2.75, 3.05) is 10.0 Å². The van der Waals surface area contributed by atoms with E-state index in [0.717, 1.165) is 0 Å². The minimum Gasteiger partial charge on any atom is -0.319 e. The van der Waals surface area contributed by atoms with Gasteiger partial charge in [-0.3, -0.25) is 14.6 Å². The third kappa shape index (κ3) is 4.23. The van der Waals surface area contributed by atoms with Crippen LogP contribution in [0.15, 0.2) is 51.8 Å². The molecular formula is C18H16BrFN4O3S. The van der Waals surface area contributed by atoms with E-state index in [1.807, 2.05) is 0 Å². The second-order valence-corrected chi connectivity index (χ2v) is 8.56. The second-order valence-electron chi connectivity index (χ2n) is 6.02. The van der Waals surface area contributed by atoms with Crippen molar-refractivity contribution in [1.29, 1.82) is 0 Å². The lowest BCUT2D eigenvalue weighted by atomic mass is 10.2. The summed E-state index contributed by atoms with van der Waals surface area (Å²) in [7, 11) is -3.82. The standard InChI is InChI=1S/C18H16BrFN4O3S/c1-10-17(11(2)23-22-10)28(26,27)24-14-6-3-12(4-7-14)18(25)21-16-8-5-13(19)9-15(16)20/h3-9,24H,1-2H3,(H,21,25)(H,22,23). The third-order valence-corrected chi connectivity index (χ3v) is 6.04. The largest absolute Gasteiger partial charge is 0.319 e. The first-order valence-corrected chi connectivity index (χ1v) is 10.4. The maximum atomic E-state index is 13.8. The summed E-state index contributed by atoms with van der Waals surface area (Å²) in [6, 6.07) is 10.1. The molecule has 7 nitrogen and oxygen atoms in total. The highest BCUT2D eigenvalue weighted by Gasteiger charge is 2.22. The summed E-state index contributed by atoms with van der Waals surface area (Å²) in [5, 5.41) is 8.98. The number of H-pyrrole nitrogens is 1. The molecule has 1 heterocycles. The van der Waals surface area contributed by atoms with Gasteiger partial charge in [-0.2, -0.15) is 5.10 Å². The van der Waals surface area contributed by atoms with E-state index in [4.69, 9.17) is 0 Å². The fourth-order valence-electron chi connectivity index (χ4n) is 2.62. The first-order valence-electron chi connectivity index (χ1n) is 8.08. The number of halogens is 2. The Labute approximate surface area is 169 Å². The van der Waals surface area contributed by atoms with Gasteiger partial charge >= 0.3 is 0 Å². The number of hydrogen-bond acceptors (Lipinski definition) is 4. The van der Waals surface area contributed by atoms with Crippen LogP contribution in [0.2, 0.25) is 0 Å². The van der Waals surface area contributed by atoms with Gasteiger partial charge in [0, 0.05) is 15.7 Å². The quantitative estimate of drug-likeness (QED) is 0.528. The van der Waals surface area contributed by atoms with Gasteiger partial charge in [0.1, 0.15) is 10.7 Å². The molecular weight excluding hydrogens is 451 g/mol. The van der Waals surface area contributed by atoms with Crippen LogP contribution in [-0.4, -0.2) is 24.5 Å². The number of aryl methyl sites for hydroxylation is 2. The van der Waals surface area contributed by atoms with E-state index < -0.39 is 21.7 Å². The lowest BCUT2D eigenvalue weighted by Gasteiger charge is -2.10. The monoisotopic (exact) mass is 466 g/mol. The molecule has 0 radical (unpaired) electrons. The maximum Gasteiger partial charge on any atom is 0.265 e. The average Bonchev–Trinajstić information content (AvgIpc) is 2.97. The highest BCUT2D eigenvalue weighted by molar-refractivity contribution is 9.10. The van der Waals surface area contributed by atoms with Crippen LogP contribution in [0, 0.1) is 19.7 Å². The van der Waals surface area contributed by atoms with Crippen LogP contribution < -0.4 is 10.0 Å². The molecule has 0 saturated heterocycles. The number of aromatic nitrogens is 2. The molecule has 0 bridgehead atoms. The Morgan fingerprint density at radius 3 is 2.39 bits per heavy atom. The molecule has 3 aromatic rings. The highest BCUT2D eigenvalue weighted by Crippen LogP contribution is 2.22. The molecule has 28 heavy (non-hydrogen) atoms. The molecule has 0 aliphatic rings. The van der Waals surface area contributed by atoms with Gasteiger partial charge in [0.05, 0.1) is 17.1 Å². The van der Waals surface area contributed by atoms with Gasteiger partial charge in [0.15, 0.2) is 0 Å². The average molecular weight is 467 g/mol. The van der Waals surface area contributed by atoms with Gasteiger partial charge < -0.3 is 5.32 Å². The Balaban J connectivity index is 1.75. The van der Waals surface area contributed by atoms with E-state index in [0.29, 0.717) is 15.9 Å². The molecule has 0 aliphatic heterocycles. The predicted molar refractivity (Wildman–Crippen MR) is 107 cm³/mol. The minimum atomic E-state index is -3.82. The van der Waals surface area contributed by atoms with Crippen molar-refractivity contribution in [3.8, 4) is 0 Å². The zero-order valence-corrected chi connectivity index (χ0v) is 17.3. The Morgan fingerprint density at radius 1 is 1.14 bits per heavy atom. The molecule has 0 saturated carbocycles. The summed E-state index contributed by atoms with van der Waals surface area (Å²) in [5.74, 6) is -1.09. The van der Waals surface area contributed by atoms with Crippen molar-refractivity contribution < 1.29 is 17.6 Å². The molecule has 0 aliphatic carbocycles. The van der Waals surface area contributed by atoms with Gasteiger partial charge in [-0.05, 0) is 56.3 Å². The van der Waals surface area contributed by atoms with Crippen molar-refractivity contribution in [2.45, 2.75) is 18.7 Å². The minimum absolute atomic E-state index is 0.0453. The first kappa shape index (κ1) is 20.0. The van der Waals surface area contributed by atoms with E-state index in [1.54, 1.807) is 19.9 Å². The third-order valence-electron chi connectivity index (χ3n) is 3.91. The first-order chi connectivity index (χ1) is 13.2. The van der Waals surface area contributed by atoms with Crippen LogP contribution in [0.25, 0.3) is 0 Å². The number of rotatable bonds is 5. The molecule has 146 valence electrons. The summed E-state index contributed by atoms with van der Waals surface area (Å²) in [6.07, 6.45) is 0. The number of amides is 1. The van der Waals surface area contributed by atoms with Crippen LogP contribution >= 0.6 is 15.9 Å². The Morgan fingerprint density at radius 2 is 1.82 bits per heavy atom. The van der Waals surface area contributed by atoms with E-state index in [-0.39, 0.29) is 21.8 Å². The topological polar surface area (TPSA) is 104 Å². The number of carbonyl (C=O) groups excluding carboxylic acids is 1. The molecule has 0 unspecified atom stereocenters. The van der Waals surface area contributed by atoms with Gasteiger partial charge in [0.2, 0.25) is 0 Å². The summed E-state index contributed by atoms with van der Waals surface area (Å²) in [6.45, 7) is 3.20. The normalized spacial score (nSPS) is 11.3. The SMILES string of the molecule is Cc1n[nH]c(C)c1S(=O)(=O)Nc1ccc(C(=O)Nc2ccc(Br)cc2F)cc1. The lowest BCUT2D eigenvalue weighted by Crippen LogP contribution is -2.15. The Kier molecular flexibility index (Phi) is 5.52. The van der Waals surface area contributed by atoms with Gasteiger partial charge in [-0.1, -0.05) is 15.9 Å². The number of anilines is 2. The number of benzene rings is 2. The van der Waals surface area contributed by atoms with Crippen molar-refractivity contribution in [3.05, 3.63) is 69.7 Å². The van der Waals surface area contributed by atoms with Crippen molar-refractivity contribution in [2.24, 2.45) is 0 Å². The van der Waals surface area contributed by atoms with E-state index in [1.165, 1.54) is 36.4 Å². The maximum absolute atomic E-state index is 13.8. The van der Waals surface area contributed by atoms with Crippen LogP contribution in [-0.2, 0) is 10.0 Å². The van der Waals surface area contributed by atoms with Crippen LogP contribution in [0.4, 0.5) is 15.8 Å². The summed E-state index contributed by atoms with van der Waals surface area (Å²) < 4.78 is 41.9. The molecule has 0 spiro atoms. The van der Waals surface area contributed by atoms with Crippen molar-refractivity contribution >= 4 is 43.2 Å². The van der Waals surface area contributed by atoms with Crippen molar-refractivity contribution in [1.82, 2.24) is 10.2 Å². The van der Waals surface area contributed by atoms with Gasteiger partial charge in [-0.25, -0.2) is 12.8 Å². The highest BCUT2D eigenvalue weighted by atomic mass is 79.9. The Hall–Kier alpha value is -2.72. The summed E-state index contributed by atoms with van der Waals surface area (Å²) in [5.41, 5.74) is 1.37. The van der Waals surface area contributed by atoms with E-state index >= 15 is 0 Å².